The first kappa shape index (κ1) is 16.0. The molecule has 2 aromatic rings. The molecule has 114 valence electrons. The third-order valence-corrected chi connectivity index (χ3v) is 4.23. The second kappa shape index (κ2) is 7.05. The van der Waals surface area contributed by atoms with Crippen LogP contribution in [0.3, 0.4) is 0 Å². The van der Waals surface area contributed by atoms with E-state index in [4.69, 9.17) is 11.6 Å². The number of rotatable bonds is 6. The molecule has 2 rings (SSSR count). The van der Waals surface area contributed by atoms with Crippen molar-refractivity contribution >= 4 is 11.6 Å². The SMILES string of the molecule is CCNC(Cc1c(Cl)c(CC)nn1C)c1ccncc1C. The molecular weight excluding hydrogens is 284 g/mol. The number of nitrogens with one attached hydrogen (secondary N) is 1. The highest BCUT2D eigenvalue weighted by Gasteiger charge is 2.19. The fourth-order valence-corrected chi connectivity index (χ4v) is 3.02. The number of aryl methyl sites for hydroxylation is 3. The van der Waals surface area contributed by atoms with Gasteiger partial charge < -0.3 is 5.32 Å². The predicted octanol–water partition coefficient (Wildman–Crippen LogP) is 3.23. The van der Waals surface area contributed by atoms with Gasteiger partial charge in [-0.05, 0) is 37.1 Å². The molecule has 2 heterocycles. The monoisotopic (exact) mass is 306 g/mol. The summed E-state index contributed by atoms with van der Waals surface area (Å²) in [6.07, 6.45) is 5.42. The number of likely N-dealkylation sites (N-methyl/N-ethyl adjacent to an activating group) is 1. The highest BCUT2D eigenvalue weighted by Crippen LogP contribution is 2.27. The van der Waals surface area contributed by atoms with Crippen LogP contribution in [0.1, 0.15) is 42.4 Å². The normalized spacial score (nSPS) is 12.6. The van der Waals surface area contributed by atoms with Crippen LogP contribution in [-0.2, 0) is 19.9 Å². The second-order valence-corrected chi connectivity index (χ2v) is 5.61. The lowest BCUT2D eigenvalue weighted by molar-refractivity contribution is 0.526. The zero-order valence-corrected chi connectivity index (χ0v) is 13.9. The van der Waals surface area contributed by atoms with Gasteiger partial charge in [0.25, 0.3) is 0 Å². The van der Waals surface area contributed by atoms with Crippen molar-refractivity contribution in [3.63, 3.8) is 0 Å². The molecule has 0 spiro atoms. The van der Waals surface area contributed by atoms with E-state index >= 15 is 0 Å². The fraction of sp³-hybridized carbons (Fsp3) is 0.500. The van der Waals surface area contributed by atoms with E-state index in [2.05, 4.69) is 42.2 Å². The lowest BCUT2D eigenvalue weighted by atomic mass is 9.99. The van der Waals surface area contributed by atoms with Crippen LogP contribution in [0, 0.1) is 6.92 Å². The Morgan fingerprint density at radius 3 is 2.71 bits per heavy atom. The molecule has 0 amide bonds. The maximum Gasteiger partial charge on any atom is 0.0850 e. The summed E-state index contributed by atoms with van der Waals surface area (Å²) >= 11 is 6.48. The maximum absolute atomic E-state index is 6.48. The van der Waals surface area contributed by atoms with Crippen molar-refractivity contribution in [1.82, 2.24) is 20.1 Å². The van der Waals surface area contributed by atoms with Crippen molar-refractivity contribution in [2.75, 3.05) is 6.54 Å². The first-order chi connectivity index (χ1) is 10.1. The van der Waals surface area contributed by atoms with Gasteiger partial charge in [0.2, 0.25) is 0 Å². The van der Waals surface area contributed by atoms with E-state index in [0.717, 1.165) is 35.8 Å². The Hall–Kier alpha value is -1.39. The van der Waals surface area contributed by atoms with E-state index in [9.17, 15) is 0 Å². The van der Waals surface area contributed by atoms with E-state index in [1.807, 2.05) is 24.1 Å². The molecule has 0 aliphatic heterocycles. The van der Waals surface area contributed by atoms with Crippen molar-refractivity contribution in [1.29, 1.82) is 0 Å². The fourth-order valence-electron chi connectivity index (χ4n) is 2.65. The van der Waals surface area contributed by atoms with Gasteiger partial charge in [-0.1, -0.05) is 25.4 Å². The third-order valence-electron chi connectivity index (χ3n) is 3.79. The molecule has 0 saturated carbocycles. The van der Waals surface area contributed by atoms with Gasteiger partial charge in [0.15, 0.2) is 0 Å². The minimum absolute atomic E-state index is 0.218. The van der Waals surface area contributed by atoms with Crippen LogP contribution in [0.25, 0.3) is 0 Å². The first-order valence-corrected chi connectivity index (χ1v) is 7.80. The van der Waals surface area contributed by atoms with Crippen LogP contribution in [0.5, 0.6) is 0 Å². The van der Waals surface area contributed by atoms with Gasteiger partial charge in [0, 0.05) is 31.9 Å². The lowest BCUT2D eigenvalue weighted by Gasteiger charge is -2.20. The molecule has 0 radical (unpaired) electrons. The summed E-state index contributed by atoms with van der Waals surface area (Å²) in [5, 5.41) is 8.85. The maximum atomic E-state index is 6.48. The van der Waals surface area contributed by atoms with Gasteiger partial charge in [0.05, 0.1) is 16.4 Å². The molecule has 0 saturated heterocycles. The Kier molecular flexibility index (Phi) is 5.37. The number of halogens is 1. The summed E-state index contributed by atoms with van der Waals surface area (Å²) in [6, 6.07) is 2.30. The standard InChI is InChI=1S/C16H23ClN4/c1-5-13-16(17)15(21(4)20-13)9-14(19-6-2)12-7-8-18-10-11(12)3/h7-8,10,14,19H,5-6,9H2,1-4H3. The van der Waals surface area contributed by atoms with Crippen molar-refractivity contribution in [2.24, 2.45) is 7.05 Å². The molecule has 1 atom stereocenters. The minimum atomic E-state index is 0.218. The molecule has 1 N–H and O–H groups in total. The summed E-state index contributed by atoms with van der Waals surface area (Å²) in [6.45, 7) is 7.19. The van der Waals surface area contributed by atoms with E-state index < -0.39 is 0 Å². The van der Waals surface area contributed by atoms with Gasteiger partial charge in [0.1, 0.15) is 0 Å². The Balaban J connectivity index is 2.33. The van der Waals surface area contributed by atoms with Crippen LogP contribution in [0.2, 0.25) is 5.02 Å². The molecule has 4 nitrogen and oxygen atoms in total. The van der Waals surface area contributed by atoms with Crippen molar-refractivity contribution in [3.8, 4) is 0 Å². The molecule has 1 unspecified atom stereocenters. The number of nitrogens with zero attached hydrogens (tertiary/aromatic N) is 3. The zero-order valence-electron chi connectivity index (χ0n) is 13.2. The lowest BCUT2D eigenvalue weighted by Crippen LogP contribution is -2.24. The van der Waals surface area contributed by atoms with Crippen LogP contribution in [0.15, 0.2) is 18.5 Å². The van der Waals surface area contributed by atoms with Crippen molar-refractivity contribution in [2.45, 2.75) is 39.7 Å². The van der Waals surface area contributed by atoms with Crippen LogP contribution in [-0.4, -0.2) is 21.3 Å². The van der Waals surface area contributed by atoms with E-state index in [-0.39, 0.29) is 6.04 Å². The number of hydrogen-bond donors (Lipinski definition) is 1. The van der Waals surface area contributed by atoms with Crippen molar-refractivity contribution < 1.29 is 0 Å². The summed E-state index contributed by atoms with van der Waals surface area (Å²) in [4.78, 5) is 4.18. The highest BCUT2D eigenvalue weighted by atomic mass is 35.5. The van der Waals surface area contributed by atoms with Gasteiger partial charge in [-0.3, -0.25) is 9.67 Å². The molecule has 0 aromatic carbocycles. The Labute approximate surface area is 131 Å². The number of pyridine rings is 1. The topological polar surface area (TPSA) is 42.7 Å². The number of hydrogen-bond acceptors (Lipinski definition) is 3. The zero-order chi connectivity index (χ0) is 15.4. The van der Waals surface area contributed by atoms with Crippen LogP contribution < -0.4 is 5.32 Å². The minimum Gasteiger partial charge on any atom is -0.310 e. The molecule has 2 aromatic heterocycles. The highest BCUT2D eigenvalue weighted by molar-refractivity contribution is 6.31. The largest absolute Gasteiger partial charge is 0.310 e. The molecule has 21 heavy (non-hydrogen) atoms. The Morgan fingerprint density at radius 2 is 2.14 bits per heavy atom. The second-order valence-electron chi connectivity index (χ2n) is 5.23. The van der Waals surface area contributed by atoms with E-state index in [1.165, 1.54) is 11.1 Å². The molecule has 0 fully saturated rings. The van der Waals surface area contributed by atoms with E-state index in [1.54, 1.807) is 0 Å². The van der Waals surface area contributed by atoms with Gasteiger partial charge in [-0.25, -0.2) is 0 Å². The van der Waals surface area contributed by atoms with Gasteiger partial charge in [-0.2, -0.15) is 5.10 Å². The molecular formula is C16H23ClN4. The van der Waals surface area contributed by atoms with Gasteiger partial charge >= 0.3 is 0 Å². The Morgan fingerprint density at radius 1 is 1.38 bits per heavy atom. The summed E-state index contributed by atoms with van der Waals surface area (Å²) < 4.78 is 1.90. The Bertz CT molecular complexity index is 606. The smallest absolute Gasteiger partial charge is 0.0850 e. The summed E-state index contributed by atoms with van der Waals surface area (Å²) in [5.41, 5.74) is 4.51. The van der Waals surface area contributed by atoms with Crippen molar-refractivity contribution in [3.05, 3.63) is 46.0 Å². The van der Waals surface area contributed by atoms with Crippen LogP contribution in [0.4, 0.5) is 0 Å². The third kappa shape index (κ3) is 3.44. The quantitative estimate of drug-likeness (QED) is 0.891. The molecule has 5 heteroatoms. The first-order valence-electron chi connectivity index (χ1n) is 7.42. The molecule has 0 bridgehead atoms. The number of aromatic nitrogens is 3. The average Bonchev–Trinajstić information content (AvgIpc) is 2.74. The predicted molar refractivity (Wildman–Crippen MR) is 86.7 cm³/mol. The average molecular weight is 307 g/mol. The molecule has 0 aliphatic rings. The summed E-state index contributed by atoms with van der Waals surface area (Å²) in [5.74, 6) is 0. The molecule has 0 aliphatic carbocycles. The summed E-state index contributed by atoms with van der Waals surface area (Å²) in [7, 11) is 1.96. The van der Waals surface area contributed by atoms with Crippen LogP contribution >= 0.6 is 11.6 Å². The van der Waals surface area contributed by atoms with E-state index in [0.29, 0.717) is 0 Å². The van der Waals surface area contributed by atoms with Gasteiger partial charge in [-0.15, -0.1) is 0 Å².